The van der Waals surface area contributed by atoms with Gasteiger partial charge in [-0.05, 0) is 30.3 Å². The molecule has 0 aliphatic heterocycles. The fourth-order valence-electron chi connectivity index (χ4n) is 1.96. The summed E-state index contributed by atoms with van der Waals surface area (Å²) in [7, 11) is 2.73. The van der Waals surface area contributed by atoms with Crippen molar-refractivity contribution >= 4 is 17.5 Å². The Morgan fingerprint density at radius 1 is 0.773 bits per heavy atom. The van der Waals surface area contributed by atoms with Crippen molar-refractivity contribution in [1.82, 2.24) is 0 Å². The van der Waals surface area contributed by atoms with E-state index in [9.17, 15) is 14.4 Å². The first-order valence-corrected chi connectivity index (χ1v) is 6.49. The molecule has 0 fully saturated rings. The highest BCUT2D eigenvalue weighted by atomic mass is 16.5. The molecule has 0 amide bonds. The molecule has 0 heterocycles. The number of benzene rings is 2. The Morgan fingerprint density at radius 2 is 1.36 bits per heavy atom. The van der Waals surface area contributed by atoms with Gasteiger partial charge in [0, 0.05) is 11.1 Å². The van der Waals surface area contributed by atoms with Crippen LogP contribution in [0.2, 0.25) is 0 Å². The van der Waals surface area contributed by atoms with Gasteiger partial charge in [-0.25, -0.2) is 4.79 Å². The summed E-state index contributed by atoms with van der Waals surface area (Å²) < 4.78 is 9.63. The molecule has 0 atom stereocenters. The van der Waals surface area contributed by atoms with Crippen molar-refractivity contribution < 1.29 is 23.9 Å². The van der Waals surface area contributed by atoms with E-state index in [2.05, 4.69) is 4.74 Å². The van der Waals surface area contributed by atoms with Crippen LogP contribution >= 0.6 is 0 Å². The van der Waals surface area contributed by atoms with Crippen LogP contribution < -0.4 is 4.74 Å². The van der Waals surface area contributed by atoms with E-state index in [0.29, 0.717) is 5.75 Å². The zero-order valence-electron chi connectivity index (χ0n) is 12.2. The second-order valence-corrected chi connectivity index (χ2v) is 4.42. The van der Waals surface area contributed by atoms with Gasteiger partial charge < -0.3 is 9.47 Å². The largest absolute Gasteiger partial charge is 0.497 e. The summed E-state index contributed by atoms with van der Waals surface area (Å²) in [6, 6.07) is 12.2. The van der Waals surface area contributed by atoms with Gasteiger partial charge >= 0.3 is 5.97 Å². The molecule has 0 aliphatic carbocycles. The third-order valence-corrected chi connectivity index (χ3v) is 3.14. The fraction of sp³-hybridized carbons (Fsp3) is 0.118. The fourth-order valence-corrected chi connectivity index (χ4v) is 1.96. The Labute approximate surface area is 127 Å². The number of ketones is 2. The Morgan fingerprint density at radius 3 is 1.91 bits per heavy atom. The second kappa shape index (κ2) is 6.67. The van der Waals surface area contributed by atoms with Gasteiger partial charge in [-0.15, -0.1) is 0 Å². The first-order chi connectivity index (χ1) is 10.6. The van der Waals surface area contributed by atoms with Crippen molar-refractivity contribution in [2.24, 2.45) is 0 Å². The lowest BCUT2D eigenvalue weighted by molar-refractivity contribution is 0.0597. The van der Waals surface area contributed by atoms with E-state index in [-0.39, 0.29) is 16.7 Å². The number of methoxy groups -OCH3 is 2. The van der Waals surface area contributed by atoms with Gasteiger partial charge in [0.25, 0.3) is 0 Å². The summed E-state index contributed by atoms with van der Waals surface area (Å²) in [5.41, 5.74) is 0.317. The molecule has 2 aromatic carbocycles. The monoisotopic (exact) mass is 298 g/mol. The topological polar surface area (TPSA) is 69.7 Å². The lowest BCUT2D eigenvalue weighted by Gasteiger charge is -2.06. The molecule has 112 valence electrons. The Kier molecular flexibility index (Phi) is 4.68. The zero-order chi connectivity index (χ0) is 16.1. The maximum absolute atomic E-state index is 12.4. The summed E-state index contributed by atoms with van der Waals surface area (Å²) in [6.07, 6.45) is 0. The number of hydrogen-bond donors (Lipinski definition) is 0. The quantitative estimate of drug-likeness (QED) is 0.482. The lowest BCUT2D eigenvalue weighted by atomic mass is 9.97. The van der Waals surface area contributed by atoms with Gasteiger partial charge in [0.2, 0.25) is 11.6 Å². The summed E-state index contributed by atoms with van der Waals surface area (Å²) in [4.78, 5) is 36.3. The molecule has 22 heavy (non-hydrogen) atoms. The molecule has 0 radical (unpaired) electrons. The number of Topliss-reactive ketones (excluding diaryl/α,β-unsaturated/α-hetero) is 2. The van der Waals surface area contributed by atoms with Crippen molar-refractivity contribution in [2.45, 2.75) is 0 Å². The molecule has 0 aliphatic rings. The van der Waals surface area contributed by atoms with Crippen molar-refractivity contribution in [3.8, 4) is 5.75 Å². The number of carbonyl (C=O) groups is 3. The van der Waals surface area contributed by atoms with Crippen LogP contribution in [0.1, 0.15) is 31.1 Å². The highest BCUT2D eigenvalue weighted by Gasteiger charge is 2.23. The standard InChI is InChI=1S/C17H14O5/c1-21-12-9-7-11(8-10-12)15(18)16(19)13-5-3-4-6-14(13)17(20)22-2/h3-10H,1-2H3. The molecule has 0 N–H and O–H groups in total. The summed E-state index contributed by atoms with van der Waals surface area (Å²) in [5.74, 6) is -1.53. The minimum absolute atomic E-state index is 0.0233. The molecule has 0 saturated carbocycles. The third-order valence-electron chi connectivity index (χ3n) is 3.14. The second-order valence-electron chi connectivity index (χ2n) is 4.42. The van der Waals surface area contributed by atoms with Gasteiger partial charge in [0.1, 0.15) is 5.75 Å². The van der Waals surface area contributed by atoms with Gasteiger partial charge in [0.05, 0.1) is 19.8 Å². The summed E-state index contributed by atoms with van der Waals surface area (Å²) in [6.45, 7) is 0. The van der Waals surface area contributed by atoms with Crippen LogP contribution in [-0.2, 0) is 4.74 Å². The number of ether oxygens (including phenoxy) is 2. The summed E-state index contributed by atoms with van der Waals surface area (Å²) in [5, 5.41) is 0. The lowest BCUT2D eigenvalue weighted by Crippen LogP contribution is -2.18. The van der Waals surface area contributed by atoms with E-state index >= 15 is 0 Å². The van der Waals surface area contributed by atoms with Crippen LogP contribution in [0, 0.1) is 0 Å². The van der Waals surface area contributed by atoms with Gasteiger partial charge in [-0.1, -0.05) is 18.2 Å². The molecule has 0 unspecified atom stereocenters. The van der Waals surface area contributed by atoms with Gasteiger partial charge in [0.15, 0.2) is 0 Å². The SMILES string of the molecule is COC(=O)c1ccccc1C(=O)C(=O)c1ccc(OC)cc1. The molecule has 0 saturated heterocycles. The highest BCUT2D eigenvalue weighted by Crippen LogP contribution is 2.16. The van der Waals surface area contributed by atoms with Crippen LogP contribution in [0.25, 0.3) is 0 Å². The highest BCUT2D eigenvalue weighted by molar-refractivity contribution is 6.50. The maximum atomic E-state index is 12.4. The van der Waals surface area contributed by atoms with E-state index in [1.807, 2.05) is 0 Å². The Hall–Kier alpha value is -2.95. The Bertz CT molecular complexity index is 716. The first-order valence-electron chi connectivity index (χ1n) is 6.49. The molecule has 5 nitrogen and oxygen atoms in total. The average molecular weight is 298 g/mol. The molecular weight excluding hydrogens is 284 g/mol. The number of esters is 1. The Balaban J connectivity index is 2.35. The van der Waals surface area contributed by atoms with Crippen LogP contribution in [0.3, 0.4) is 0 Å². The maximum Gasteiger partial charge on any atom is 0.338 e. The number of hydrogen-bond acceptors (Lipinski definition) is 5. The normalized spacial score (nSPS) is 9.91. The molecule has 2 aromatic rings. The predicted molar refractivity (Wildman–Crippen MR) is 79.4 cm³/mol. The average Bonchev–Trinajstić information content (AvgIpc) is 2.59. The van der Waals surface area contributed by atoms with Crippen molar-refractivity contribution in [3.63, 3.8) is 0 Å². The molecule has 0 bridgehead atoms. The van der Waals surface area contributed by atoms with E-state index in [1.54, 1.807) is 24.3 Å². The summed E-state index contributed by atoms with van der Waals surface area (Å²) >= 11 is 0. The van der Waals surface area contributed by atoms with E-state index in [4.69, 9.17) is 4.74 Å². The number of carbonyl (C=O) groups excluding carboxylic acids is 3. The van der Waals surface area contributed by atoms with Crippen molar-refractivity contribution in [2.75, 3.05) is 14.2 Å². The third kappa shape index (κ3) is 3.03. The molecule has 0 aromatic heterocycles. The number of rotatable bonds is 5. The minimum atomic E-state index is -0.758. The smallest absolute Gasteiger partial charge is 0.338 e. The van der Waals surface area contributed by atoms with Gasteiger partial charge in [-0.3, -0.25) is 9.59 Å². The van der Waals surface area contributed by atoms with Crippen LogP contribution in [0.5, 0.6) is 5.75 Å². The molecule has 5 heteroatoms. The molecule has 2 rings (SSSR count). The van der Waals surface area contributed by atoms with E-state index in [1.165, 1.54) is 38.5 Å². The van der Waals surface area contributed by atoms with Crippen molar-refractivity contribution in [1.29, 1.82) is 0 Å². The van der Waals surface area contributed by atoms with E-state index < -0.39 is 17.5 Å². The van der Waals surface area contributed by atoms with E-state index in [0.717, 1.165) is 0 Å². The first kappa shape index (κ1) is 15.4. The minimum Gasteiger partial charge on any atom is -0.497 e. The van der Waals surface area contributed by atoms with Crippen LogP contribution in [-0.4, -0.2) is 31.8 Å². The predicted octanol–water partition coefficient (Wildman–Crippen LogP) is 2.55. The van der Waals surface area contributed by atoms with Gasteiger partial charge in [-0.2, -0.15) is 0 Å². The van der Waals surface area contributed by atoms with Crippen LogP contribution in [0.15, 0.2) is 48.5 Å². The molecule has 0 spiro atoms. The zero-order valence-corrected chi connectivity index (χ0v) is 12.2. The van der Waals surface area contributed by atoms with Crippen molar-refractivity contribution in [3.05, 3.63) is 65.2 Å². The van der Waals surface area contributed by atoms with Crippen LogP contribution in [0.4, 0.5) is 0 Å². The molecular formula is C17H14O5.